The third-order valence-corrected chi connectivity index (χ3v) is 2.74. The molecule has 0 saturated heterocycles. The fourth-order valence-electron chi connectivity index (χ4n) is 1.09. The van der Waals surface area contributed by atoms with E-state index in [1.165, 1.54) is 30.3 Å². The molecular formula is C12H12O5S. The van der Waals surface area contributed by atoms with Crippen molar-refractivity contribution in [1.29, 1.82) is 0 Å². The zero-order chi connectivity index (χ0) is 13.6. The molecule has 5 nitrogen and oxygen atoms in total. The maximum atomic E-state index is 10.4. The lowest BCUT2D eigenvalue weighted by molar-refractivity contribution is 0.450. The van der Waals surface area contributed by atoms with Gasteiger partial charge >= 0.3 is 0 Å². The molecule has 0 bridgehead atoms. The maximum absolute atomic E-state index is 10.4. The Morgan fingerprint density at radius 3 is 1.56 bits per heavy atom. The van der Waals surface area contributed by atoms with Crippen molar-refractivity contribution in [2.75, 3.05) is 0 Å². The molecule has 96 valence electrons. The van der Waals surface area contributed by atoms with E-state index in [2.05, 4.69) is 0 Å². The Morgan fingerprint density at radius 1 is 0.778 bits per heavy atom. The first-order valence-electron chi connectivity index (χ1n) is 4.90. The van der Waals surface area contributed by atoms with Gasteiger partial charge in [0.2, 0.25) is 0 Å². The van der Waals surface area contributed by atoms with Crippen LogP contribution in [0.15, 0.2) is 59.5 Å². The van der Waals surface area contributed by atoms with Crippen LogP contribution in [0.3, 0.4) is 0 Å². The Labute approximate surface area is 105 Å². The highest BCUT2D eigenvalue weighted by Crippen LogP contribution is 2.14. The van der Waals surface area contributed by atoms with Crippen LogP contribution in [0.1, 0.15) is 0 Å². The van der Waals surface area contributed by atoms with E-state index in [-0.39, 0.29) is 16.4 Å². The average molecular weight is 268 g/mol. The summed E-state index contributed by atoms with van der Waals surface area (Å²) < 4.78 is 29.2. The van der Waals surface area contributed by atoms with Crippen LogP contribution in [0.5, 0.6) is 11.5 Å². The number of phenols is 2. The summed E-state index contributed by atoms with van der Waals surface area (Å²) in [5.74, 6) is 0.176. The van der Waals surface area contributed by atoms with Crippen LogP contribution >= 0.6 is 0 Å². The molecule has 2 aromatic rings. The SMILES string of the molecule is O=S(=O)(O)c1ccccc1.Oc1cccc(O)c1. The minimum Gasteiger partial charge on any atom is -0.508 e. The number of hydrogen-bond acceptors (Lipinski definition) is 4. The molecular weight excluding hydrogens is 256 g/mol. The second-order valence-electron chi connectivity index (χ2n) is 3.31. The van der Waals surface area contributed by atoms with Gasteiger partial charge in [0.15, 0.2) is 0 Å². The molecule has 0 saturated carbocycles. The van der Waals surface area contributed by atoms with Crippen LogP contribution in [0.4, 0.5) is 0 Å². The summed E-state index contributed by atoms with van der Waals surface area (Å²) in [6.45, 7) is 0. The first kappa shape index (κ1) is 14.0. The largest absolute Gasteiger partial charge is 0.508 e. The first-order valence-corrected chi connectivity index (χ1v) is 6.34. The molecule has 0 aliphatic heterocycles. The molecule has 0 heterocycles. The minimum atomic E-state index is -4.00. The highest BCUT2D eigenvalue weighted by molar-refractivity contribution is 7.85. The van der Waals surface area contributed by atoms with E-state index in [0.29, 0.717) is 0 Å². The van der Waals surface area contributed by atoms with Crippen molar-refractivity contribution in [3.8, 4) is 11.5 Å². The third kappa shape index (κ3) is 4.86. The van der Waals surface area contributed by atoms with Gasteiger partial charge in [-0.25, -0.2) is 0 Å². The molecule has 0 fully saturated rings. The second kappa shape index (κ2) is 6.04. The summed E-state index contributed by atoms with van der Waals surface area (Å²) in [4.78, 5) is -0.0741. The van der Waals surface area contributed by atoms with Gasteiger partial charge in [0.25, 0.3) is 10.1 Å². The van der Waals surface area contributed by atoms with E-state index < -0.39 is 10.1 Å². The average Bonchev–Trinajstić information content (AvgIpc) is 2.29. The predicted molar refractivity (Wildman–Crippen MR) is 66.0 cm³/mol. The van der Waals surface area contributed by atoms with Crippen molar-refractivity contribution >= 4 is 10.1 Å². The van der Waals surface area contributed by atoms with Gasteiger partial charge in [-0.15, -0.1) is 0 Å². The molecule has 0 radical (unpaired) electrons. The van der Waals surface area contributed by atoms with E-state index >= 15 is 0 Å². The van der Waals surface area contributed by atoms with Crippen molar-refractivity contribution in [2.24, 2.45) is 0 Å². The highest BCUT2D eigenvalue weighted by Gasteiger charge is 2.05. The molecule has 0 aromatic heterocycles. The van der Waals surface area contributed by atoms with Gasteiger partial charge in [0.05, 0.1) is 4.90 Å². The summed E-state index contributed by atoms with van der Waals surface area (Å²) in [5.41, 5.74) is 0. The van der Waals surface area contributed by atoms with Crippen LogP contribution in [-0.4, -0.2) is 23.2 Å². The van der Waals surface area contributed by atoms with Crippen molar-refractivity contribution in [1.82, 2.24) is 0 Å². The summed E-state index contributed by atoms with van der Waals surface area (Å²) in [7, 11) is -4.00. The van der Waals surface area contributed by atoms with Gasteiger partial charge in [-0.2, -0.15) is 8.42 Å². The Kier molecular flexibility index (Phi) is 4.70. The van der Waals surface area contributed by atoms with E-state index in [0.717, 1.165) is 0 Å². The molecule has 2 aromatic carbocycles. The molecule has 0 aliphatic carbocycles. The van der Waals surface area contributed by atoms with Gasteiger partial charge in [0, 0.05) is 6.07 Å². The van der Waals surface area contributed by atoms with Crippen molar-refractivity contribution in [2.45, 2.75) is 4.90 Å². The fraction of sp³-hybridized carbons (Fsp3) is 0. The second-order valence-corrected chi connectivity index (χ2v) is 4.73. The molecule has 0 atom stereocenters. The fourth-order valence-corrected chi connectivity index (χ4v) is 1.59. The summed E-state index contributed by atoms with van der Waals surface area (Å²) in [6, 6.07) is 13.3. The van der Waals surface area contributed by atoms with Gasteiger partial charge in [0.1, 0.15) is 11.5 Å². The predicted octanol–water partition coefficient (Wildman–Crippen LogP) is 2.03. The Morgan fingerprint density at radius 2 is 1.28 bits per heavy atom. The van der Waals surface area contributed by atoms with Crippen molar-refractivity contribution < 1.29 is 23.2 Å². The lowest BCUT2D eigenvalue weighted by Crippen LogP contribution is -1.96. The Bertz CT molecular complexity index is 576. The topological polar surface area (TPSA) is 94.8 Å². The number of aromatic hydroxyl groups is 2. The molecule has 0 unspecified atom stereocenters. The highest BCUT2D eigenvalue weighted by atomic mass is 32.2. The number of rotatable bonds is 1. The normalized spacial score (nSPS) is 10.3. The molecule has 0 spiro atoms. The smallest absolute Gasteiger partial charge is 0.294 e. The molecule has 18 heavy (non-hydrogen) atoms. The number of benzene rings is 2. The molecule has 0 amide bonds. The Hall–Kier alpha value is -2.05. The monoisotopic (exact) mass is 268 g/mol. The molecule has 0 aliphatic rings. The first-order chi connectivity index (χ1) is 8.39. The third-order valence-electron chi connectivity index (χ3n) is 1.87. The molecule has 6 heteroatoms. The van der Waals surface area contributed by atoms with Crippen LogP contribution in [0.2, 0.25) is 0 Å². The lowest BCUT2D eigenvalue weighted by Gasteiger charge is -1.92. The number of phenolic OH excluding ortho intramolecular Hbond substituents is 2. The Balaban J connectivity index is 0.000000184. The maximum Gasteiger partial charge on any atom is 0.294 e. The van der Waals surface area contributed by atoms with E-state index in [4.69, 9.17) is 14.8 Å². The standard InChI is InChI=1S/C6H6O3S.C6H6O2/c7-10(8,9)6-4-2-1-3-5-6;7-5-2-1-3-6(8)4-5/h1-5H,(H,7,8,9);1-4,7-8H. The van der Waals surface area contributed by atoms with Crippen LogP contribution in [0, 0.1) is 0 Å². The quantitative estimate of drug-likeness (QED) is 0.688. The van der Waals surface area contributed by atoms with Gasteiger partial charge in [-0.3, -0.25) is 4.55 Å². The van der Waals surface area contributed by atoms with Crippen LogP contribution < -0.4 is 0 Å². The lowest BCUT2D eigenvalue weighted by atomic mass is 10.3. The summed E-state index contributed by atoms with van der Waals surface area (Å²) in [6.07, 6.45) is 0. The minimum absolute atomic E-state index is 0.0741. The molecule has 3 N–H and O–H groups in total. The molecule has 2 rings (SSSR count). The van der Waals surface area contributed by atoms with Gasteiger partial charge < -0.3 is 10.2 Å². The van der Waals surface area contributed by atoms with Crippen LogP contribution in [0.25, 0.3) is 0 Å². The van der Waals surface area contributed by atoms with Gasteiger partial charge in [-0.1, -0.05) is 24.3 Å². The zero-order valence-corrected chi connectivity index (χ0v) is 10.1. The summed E-state index contributed by atoms with van der Waals surface area (Å²) in [5, 5.41) is 17.3. The van der Waals surface area contributed by atoms with E-state index in [1.807, 2.05) is 0 Å². The number of hydrogen-bond donors (Lipinski definition) is 3. The van der Waals surface area contributed by atoms with Gasteiger partial charge in [-0.05, 0) is 24.3 Å². The van der Waals surface area contributed by atoms with E-state index in [1.54, 1.807) is 24.3 Å². The van der Waals surface area contributed by atoms with Crippen molar-refractivity contribution in [3.63, 3.8) is 0 Å². The summed E-state index contributed by atoms with van der Waals surface area (Å²) >= 11 is 0. The zero-order valence-electron chi connectivity index (χ0n) is 9.26. The van der Waals surface area contributed by atoms with Crippen LogP contribution in [-0.2, 0) is 10.1 Å². The van der Waals surface area contributed by atoms with E-state index in [9.17, 15) is 8.42 Å². The van der Waals surface area contributed by atoms with Crippen molar-refractivity contribution in [3.05, 3.63) is 54.6 Å².